The zero-order valence-electron chi connectivity index (χ0n) is 17.4. The van der Waals surface area contributed by atoms with Crippen LogP contribution in [-0.2, 0) is 4.79 Å². The molecule has 1 aliphatic carbocycles. The average Bonchev–Trinajstić information content (AvgIpc) is 3.37. The maximum Gasteiger partial charge on any atom is 0.274 e. The maximum atomic E-state index is 13.0. The second kappa shape index (κ2) is 9.04. The molecule has 0 radical (unpaired) electrons. The van der Waals surface area contributed by atoms with Crippen LogP contribution in [0.15, 0.2) is 22.6 Å². The van der Waals surface area contributed by atoms with Gasteiger partial charge in [0.25, 0.3) is 5.91 Å². The molecule has 3 atom stereocenters. The Hall–Kier alpha value is -2.61. The van der Waals surface area contributed by atoms with Crippen LogP contribution in [-0.4, -0.2) is 58.3 Å². The largest absolute Gasteiger partial charge is 0.460 e. The highest BCUT2D eigenvalue weighted by molar-refractivity contribution is 5.93. The van der Waals surface area contributed by atoms with Crippen molar-refractivity contribution in [2.45, 2.75) is 39.0 Å². The molecule has 3 N–H and O–H groups in total. The fraction of sp³-hybridized carbons (Fsp3) is 0.591. The zero-order chi connectivity index (χ0) is 21.1. The molecule has 8 nitrogen and oxygen atoms in total. The fourth-order valence-electron chi connectivity index (χ4n) is 4.63. The lowest BCUT2D eigenvalue weighted by Crippen LogP contribution is -2.56. The topological polar surface area (TPSA) is 111 Å². The highest BCUT2D eigenvalue weighted by Gasteiger charge is 2.48. The average molecular weight is 415 g/mol. The summed E-state index contributed by atoms with van der Waals surface area (Å²) in [6.07, 6.45) is 4.42. The summed E-state index contributed by atoms with van der Waals surface area (Å²) in [5.74, 6) is 2.21. The van der Waals surface area contributed by atoms with E-state index in [1.807, 2.05) is 24.0 Å². The first-order valence-electron chi connectivity index (χ1n) is 10.9. The molecule has 2 amide bonds. The number of hydrogen-bond acceptors (Lipinski definition) is 5. The van der Waals surface area contributed by atoms with Gasteiger partial charge in [-0.05, 0) is 63.0 Å². The fourth-order valence-corrected chi connectivity index (χ4v) is 4.63. The molecule has 30 heavy (non-hydrogen) atoms. The van der Waals surface area contributed by atoms with Crippen LogP contribution in [0.2, 0.25) is 0 Å². The smallest absolute Gasteiger partial charge is 0.274 e. The molecule has 0 aromatic carbocycles. The molecule has 2 aromatic rings. The number of aliphatic hydroxyl groups is 1. The molecule has 2 fully saturated rings. The van der Waals surface area contributed by atoms with E-state index in [2.05, 4.69) is 15.5 Å². The number of unbranched alkanes of at least 4 members (excludes halogenated alkanes) is 2. The number of aryl methyl sites for hydroxylation is 1. The number of furan rings is 1. The number of fused-ring (bicyclic) bond motifs is 1. The first-order chi connectivity index (χ1) is 14.6. The van der Waals surface area contributed by atoms with E-state index in [9.17, 15) is 9.59 Å². The van der Waals surface area contributed by atoms with Gasteiger partial charge in [-0.1, -0.05) is 0 Å². The quantitative estimate of drug-likeness (QED) is 0.574. The van der Waals surface area contributed by atoms with Crippen molar-refractivity contribution in [1.82, 2.24) is 20.4 Å². The number of nitrogens with one attached hydrogen (secondary N) is 2. The summed E-state index contributed by atoms with van der Waals surface area (Å²) in [5.41, 5.74) is 1.06. The number of carbonyl (C=O) groups is 2. The Morgan fingerprint density at radius 1 is 1.33 bits per heavy atom. The molecule has 1 saturated carbocycles. The van der Waals surface area contributed by atoms with Gasteiger partial charge in [-0.25, -0.2) is 0 Å². The minimum atomic E-state index is -0.103. The van der Waals surface area contributed by atoms with Crippen LogP contribution in [0.4, 0.5) is 0 Å². The van der Waals surface area contributed by atoms with Crippen molar-refractivity contribution in [2.75, 3.05) is 26.2 Å². The number of amides is 2. The molecule has 3 heterocycles. The second-order valence-electron chi connectivity index (χ2n) is 8.46. The first-order valence-corrected chi connectivity index (χ1v) is 10.9. The highest BCUT2D eigenvalue weighted by atomic mass is 16.3. The van der Waals surface area contributed by atoms with E-state index in [1.165, 1.54) is 0 Å². The van der Waals surface area contributed by atoms with E-state index < -0.39 is 0 Å². The molecule has 2 aliphatic rings. The highest BCUT2D eigenvalue weighted by Crippen LogP contribution is 2.45. The molecule has 8 heteroatoms. The zero-order valence-corrected chi connectivity index (χ0v) is 17.4. The van der Waals surface area contributed by atoms with Crippen LogP contribution < -0.4 is 5.32 Å². The molecule has 162 valence electrons. The monoisotopic (exact) mass is 414 g/mol. The van der Waals surface area contributed by atoms with Gasteiger partial charge in [0.05, 0.1) is 0 Å². The van der Waals surface area contributed by atoms with Gasteiger partial charge in [0.1, 0.15) is 11.5 Å². The number of likely N-dealkylation sites (tertiary alicyclic amines) is 1. The number of piperidine rings is 1. The lowest BCUT2D eigenvalue weighted by atomic mass is 9.61. The second-order valence-corrected chi connectivity index (χ2v) is 8.46. The minimum absolute atomic E-state index is 0.00993. The van der Waals surface area contributed by atoms with Gasteiger partial charge in [0.2, 0.25) is 5.91 Å². The van der Waals surface area contributed by atoms with E-state index in [4.69, 9.17) is 9.52 Å². The predicted octanol–water partition coefficient (Wildman–Crippen LogP) is 2.36. The van der Waals surface area contributed by atoms with Crippen LogP contribution in [0.1, 0.15) is 48.4 Å². The molecule has 1 aliphatic heterocycles. The van der Waals surface area contributed by atoms with Gasteiger partial charge in [-0.2, -0.15) is 5.10 Å². The van der Waals surface area contributed by atoms with Crippen molar-refractivity contribution >= 4 is 11.8 Å². The summed E-state index contributed by atoms with van der Waals surface area (Å²) in [5, 5.41) is 18.9. The number of nitrogens with zero attached hydrogens (tertiary/aromatic N) is 2. The van der Waals surface area contributed by atoms with Crippen molar-refractivity contribution in [3.8, 4) is 11.5 Å². The van der Waals surface area contributed by atoms with E-state index in [-0.39, 0.29) is 30.3 Å². The number of rotatable bonds is 8. The number of aromatic nitrogens is 2. The Morgan fingerprint density at radius 3 is 2.97 bits per heavy atom. The van der Waals surface area contributed by atoms with Crippen LogP contribution >= 0.6 is 0 Å². The summed E-state index contributed by atoms with van der Waals surface area (Å²) >= 11 is 0. The van der Waals surface area contributed by atoms with Crippen LogP contribution in [0, 0.1) is 24.7 Å². The number of H-pyrrole nitrogens is 1. The van der Waals surface area contributed by atoms with Crippen molar-refractivity contribution in [3.05, 3.63) is 29.7 Å². The van der Waals surface area contributed by atoms with Crippen molar-refractivity contribution in [2.24, 2.45) is 17.8 Å². The van der Waals surface area contributed by atoms with E-state index in [0.29, 0.717) is 42.7 Å². The Bertz CT molecular complexity index is 889. The van der Waals surface area contributed by atoms with Crippen LogP contribution in [0.25, 0.3) is 11.5 Å². The lowest BCUT2D eigenvalue weighted by Gasteiger charge is -2.50. The van der Waals surface area contributed by atoms with Crippen LogP contribution in [0.5, 0.6) is 0 Å². The van der Waals surface area contributed by atoms with E-state index >= 15 is 0 Å². The third kappa shape index (κ3) is 4.28. The van der Waals surface area contributed by atoms with Gasteiger partial charge in [0, 0.05) is 38.2 Å². The minimum Gasteiger partial charge on any atom is -0.460 e. The number of hydrogen-bond donors (Lipinski definition) is 3. The standard InChI is InChI=1S/C22H30N4O4/c1-14-5-6-20(30-14)18-12-19(25-24-18)22(29)26-9-7-15-11-16(17(15)13-26)21(28)23-8-3-2-4-10-27/h5-6,12,15-17,27H,2-4,7-11,13H2,1H3,(H,23,28)(H,24,25)/t15-,16-,17-/m1/s1. The van der Waals surface area contributed by atoms with E-state index in [0.717, 1.165) is 37.9 Å². The third-order valence-corrected chi connectivity index (χ3v) is 6.44. The molecule has 1 saturated heterocycles. The van der Waals surface area contributed by atoms with Crippen molar-refractivity contribution in [3.63, 3.8) is 0 Å². The summed E-state index contributed by atoms with van der Waals surface area (Å²) in [7, 11) is 0. The Labute approximate surface area is 176 Å². The summed E-state index contributed by atoms with van der Waals surface area (Å²) < 4.78 is 5.59. The third-order valence-electron chi connectivity index (χ3n) is 6.44. The summed E-state index contributed by atoms with van der Waals surface area (Å²) in [6, 6.07) is 5.45. The van der Waals surface area contributed by atoms with Crippen molar-refractivity contribution in [1.29, 1.82) is 0 Å². The van der Waals surface area contributed by atoms with E-state index in [1.54, 1.807) is 6.07 Å². The normalized spacial score (nSPS) is 23.0. The van der Waals surface area contributed by atoms with Gasteiger partial charge in [0.15, 0.2) is 11.5 Å². The molecule has 4 rings (SSSR count). The SMILES string of the molecule is Cc1ccc(-c2cc(C(=O)N3CC[C@@H]4C[C@@H](C(=O)NCCCCCO)[C@@H]4C3)n[nH]2)o1. The molecular weight excluding hydrogens is 384 g/mol. The van der Waals surface area contributed by atoms with Gasteiger partial charge < -0.3 is 19.7 Å². The summed E-state index contributed by atoms with van der Waals surface area (Å²) in [6.45, 7) is 4.03. The predicted molar refractivity (Wildman–Crippen MR) is 111 cm³/mol. The first kappa shape index (κ1) is 20.7. The van der Waals surface area contributed by atoms with Gasteiger partial charge in [-0.3, -0.25) is 14.7 Å². The molecule has 0 spiro atoms. The molecule has 0 unspecified atom stereocenters. The number of carbonyl (C=O) groups excluding carboxylic acids is 2. The van der Waals surface area contributed by atoms with Gasteiger partial charge in [-0.15, -0.1) is 0 Å². The van der Waals surface area contributed by atoms with Crippen molar-refractivity contribution < 1.29 is 19.1 Å². The Morgan fingerprint density at radius 2 is 2.20 bits per heavy atom. The Kier molecular flexibility index (Phi) is 6.22. The summed E-state index contributed by atoms with van der Waals surface area (Å²) in [4.78, 5) is 27.3. The number of aromatic amines is 1. The van der Waals surface area contributed by atoms with Gasteiger partial charge >= 0.3 is 0 Å². The molecular formula is C22H30N4O4. The molecule has 2 aromatic heterocycles. The molecule has 0 bridgehead atoms. The Balaban J connectivity index is 1.31. The lowest BCUT2D eigenvalue weighted by molar-refractivity contribution is -0.136. The maximum absolute atomic E-state index is 13.0. The number of aliphatic hydroxyl groups excluding tert-OH is 1. The van der Waals surface area contributed by atoms with Crippen LogP contribution in [0.3, 0.4) is 0 Å².